The summed E-state index contributed by atoms with van der Waals surface area (Å²) in [5.74, 6) is -1.37. The fraction of sp³-hybridized carbons (Fsp3) is 0.321. The highest BCUT2D eigenvalue weighted by atomic mass is 19.1. The lowest BCUT2D eigenvalue weighted by atomic mass is 10.0. The number of rotatable bonds is 6. The van der Waals surface area contributed by atoms with Crippen LogP contribution in [-0.2, 0) is 19.7 Å². The van der Waals surface area contributed by atoms with E-state index >= 15 is 0 Å². The first-order valence-electron chi connectivity index (χ1n) is 12.3. The number of pyridine rings is 1. The molecule has 9 heteroatoms. The number of nitrogens with zero attached hydrogens (tertiary/aromatic N) is 3. The molecule has 1 aromatic heterocycles. The summed E-state index contributed by atoms with van der Waals surface area (Å²) in [6.45, 7) is 3.45. The maximum atomic E-state index is 13.7. The number of amides is 2. The number of ether oxygens (including phenoxy) is 1. The van der Waals surface area contributed by atoms with Gasteiger partial charge in [0.15, 0.2) is 11.4 Å². The molecule has 192 valence electrons. The van der Waals surface area contributed by atoms with E-state index in [-0.39, 0.29) is 54.1 Å². The Hall–Kier alpha value is -3.98. The Bertz CT molecular complexity index is 1370. The summed E-state index contributed by atoms with van der Waals surface area (Å²) in [5, 5.41) is 2.73. The second-order valence-electron chi connectivity index (χ2n) is 9.60. The molecule has 3 aromatic rings. The highest BCUT2D eigenvalue weighted by Gasteiger charge is 2.42. The molecule has 0 aliphatic carbocycles. The largest absolute Gasteiger partial charge is 0.483 e. The molecule has 1 N–H and O–H groups in total. The fourth-order valence-corrected chi connectivity index (χ4v) is 4.95. The number of likely N-dealkylation sites (N-methyl/N-ethyl adjacent to an activating group) is 1. The van der Waals surface area contributed by atoms with Crippen LogP contribution in [0.5, 0.6) is 5.75 Å². The molecule has 0 spiro atoms. The third kappa shape index (κ3) is 4.86. The first-order chi connectivity index (χ1) is 17.8. The van der Waals surface area contributed by atoms with Crippen molar-refractivity contribution in [2.24, 2.45) is 0 Å². The van der Waals surface area contributed by atoms with Crippen LogP contribution < -0.4 is 15.5 Å². The number of carbonyl (C=O) groups excluding carboxylic acids is 2. The second kappa shape index (κ2) is 10.2. The Kier molecular flexibility index (Phi) is 6.80. The zero-order valence-electron chi connectivity index (χ0n) is 20.8. The van der Waals surface area contributed by atoms with Crippen LogP contribution in [0.1, 0.15) is 45.3 Å². The third-order valence-corrected chi connectivity index (χ3v) is 7.08. The number of nitrogens with one attached hydrogen (secondary N) is 1. The topological polar surface area (TPSA) is 83.9 Å². The minimum atomic E-state index is -0.636. The van der Waals surface area contributed by atoms with E-state index in [1.165, 1.54) is 18.3 Å². The molecule has 3 heterocycles. The van der Waals surface area contributed by atoms with E-state index in [0.29, 0.717) is 12.1 Å². The summed E-state index contributed by atoms with van der Waals surface area (Å²) in [7, 11) is 1.97. The van der Waals surface area contributed by atoms with Crippen molar-refractivity contribution in [1.29, 1.82) is 0 Å². The van der Waals surface area contributed by atoms with Gasteiger partial charge in [-0.1, -0.05) is 42.5 Å². The molecule has 2 aliphatic heterocycles. The van der Waals surface area contributed by atoms with Crippen molar-refractivity contribution < 1.29 is 18.7 Å². The number of halogens is 1. The van der Waals surface area contributed by atoms with Gasteiger partial charge in [-0.05, 0) is 43.7 Å². The Morgan fingerprint density at radius 2 is 1.81 bits per heavy atom. The summed E-state index contributed by atoms with van der Waals surface area (Å²) >= 11 is 0. The van der Waals surface area contributed by atoms with Gasteiger partial charge in [0.25, 0.3) is 11.8 Å². The summed E-state index contributed by atoms with van der Waals surface area (Å²) in [6.07, 6.45) is 2.09. The van der Waals surface area contributed by atoms with Crippen molar-refractivity contribution in [3.8, 4) is 5.75 Å². The normalized spacial score (nSPS) is 19.2. The molecule has 2 atom stereocenters. The minimum absolute atomic E-state index is 0.0122. The number of hydrogen-bond acceptors (Lipinski definition) is 5. The highest BCUT2D eigenvalue weighted by molar-refractivity contribution is 5.99. The van der Waals surface area contributed by atoms with Gasteiger partial charge >= 0.3 is 0 Å². The predicted molar refractivity (Wildman–Crippen MR) is 136 cm³/mol. The van der Waals surface area contributed by atoms with Gasteiger partial charge in [-0.2, -0.15) is 0 Å². The molecule has 2 aromatic carbocycles. The quantitative estimate of drug-likeness (QED) is 0.558. The second-order valence-corrected chi connectivity index (χ2v) is 9.60. The molecular weight excluding hydrogens is 475 g/mol. The number of fused-ring (bicyclic) bond motifs is 2. The first kappa shape index (κ1) is 24.7. The van der Waals surface area contributed by atoms with Crippen LogP contribution >= 0.6 is 0 Å². The van der Waals surface area contributed by atoms with Crippen molar-refractivity contribution in [1.82, 2.24) is 19.7 Å². The van der Waals surface area contributed by atoms with Gasteiger partial charge in [0.1, 0.15) is 24.2 Å². The van der Waals surface area contributed by atoms with Gasteiger partial charge in [-0.15, -0.1) is 0 Å². The van der Waals surface area contributed by atoms with Crippen LogP contribution in [0.4, 0.5) is 4.39 Å². The Labute approximate surface area is 214 Å². The van der Waals surface area contributed by atoms with Gasteiger partial charge in [0, 0.05) is 25.3 Å². The molecule has 0 unspecified atom stereocenters. The molecule has 5 rings (SSSR count). The van der Waals surface area contributed by atoms with Crippen molar-refractivity contribution in [2.45, 2.75) is 45.2 Å². The average molecular weight is 505 g/mol. The summed E-state index contributed by atoms with van der Waals surface area (Å²) in [6, 6.07) is 15.1. The lowest BCUT2D eigenvalue weighted by molar-refractivity contribution is -0.0211. The van der Waals surface area contributed by atoms with E-state index in [0.717, 1.165) is 18.5 Å². The SMILES string of the molecule is C[C@H]1CCN(C)[C@@H]2Cn3cc(C(=O)NCc4ccc(F)cc4)c(=O)c(OCc4ccccc4)c3C(=O)N12. The van der Waals surface area contributed by atoms with Crippen LogP contribution in [0, 0.1) is 5.82 Å². The van der Waals surface area contributed by atoms with Crippen LogP contribution in [0.3, 0.4) is 0 Å². The monoisotopic (exact) mass is 504 g/mol. The Morgan fingerprint density at radius 1 is 1.08 bits per heavy atom. The summed E-state index contributed by atoms with van der Waals surface area (Å²) in [4.78, 5) is 44.4. The lowest BCUT2D eigenvalue weighted by Crippen LogP contribution is -2.62. The molecule has 1 fully saturated rings. The van der Waals surface area contributed by atoms with E-state index in [2.05, 4.69) is 10.2 Å². The van der Waals surface area contributed by atoms with Gasteiger partial charge in [-0.3, -0.25) is 19.3 Å². The maximum Gasteiger partial charge on any atom is 0.276 e. The van der Waals surface area contributed by atoms with E-state index < -0.39 is 11.3 Å². The lowest BCUT2D eigenvalue weighted by Gasteiger charge is -2.49. The molecule has 0 saturated carbocycles. The van der Waals surface area contributed by atoms with Gasteiger partial charge in [0.2, 0.25) is 5.43 Å². The van der Waals surface area contributed by atoms with E-state index in [1.807, 2.05) is 49.2 Å². The standard InChI is InChI=1S/C28H29FN4O4/c1-18-12-13-31(2)23-16-32-15-22(27(35)30-14-19-8-10-21(29)11-9-19)25(34)26(24(32)28(36)33(18)23)37-17-20-6-4-3-5-7-20/h3-11,15,18,23H,12-14,16-17H2,1-2H3,(H,30,35)/t18-,23-/m0/s1. The number of aromatic nitrogens is 1. The molecule has 1 saturated heterocycles. The van der Waals surface area contributed by atoms with Crippen LogP contribution in [0.25, 0.3) is 0 Å². The fourth-order valence-electron chi connectivity index (χ4n) is 4.95. The zero-order chi connectivity index (χ0) is 26.1. The summed E-state index contributed by atoms with van der Waals surface area (Å²) in [5.41, 5.74) is 0.940. The van der Waals surface area contributed by atoms with Gasteiger partial charge < -0.3 is 19.5 Å². The average Bonchev–Trinajstić information content (AvgIpc) is 2.90. The number of carbonyl (C=O) groups is 2. The molecule has 2 amide bonds. The zero-order valence-corrected chi connectivity index (χ0v) is 20.8. The van der Waals surface area contributed by atoms with Crippen molar-refractivity contribution in [2.75, 3.05) is 13.6 Å². The smallest absolute Gasteiger partial charge is 0.276 e. The van der Waals surface area contributed by atoms with Crippen molar-refractivity contribution in [3.05, 3.63) is 99.2 Å². The molecule has 8 nitrogen and oxygen atoms in total. The predicted octanol–water partition coefficient (Wildman–Crippen LogP) is 3.00. The van der Waals surface area contributed by atoms with E-state index in [4.69, 9.17) is 4.74 Å². The van der Waals surface area contributed by atoms with Crippen LogP contribution in [0.2, 0.25) is 0 Å². The van der Waals surface area contributed by atoms with Crippen molar-refractivity contribution >= 4 is 11.8 Å². The third-order valence-electron chi connectivity index (χ3n) is 7.08. The molecule has 0 bridgehead atoms. The Balaban J connectivity index is 1.52. The Morgan fingerprint density at radius 3 is 2.54 bits per heavy atom. The minimum Gasteiger partial charge on any atom is -0.483 e. The first-order valence-corrected chi connectivity index (χ1v) is 12.3. The maximum absolute atomic E-state index is 13.7. The summed E-state index contributed by atoms with van der Waals surface area (Å²) < 4.78 is 20.9. The van der Waals surface area contributed by atoms with E-state index in [1.54, 1.807) is 16.7 Å². The van der Waals surface area contributed by atoms with Crippen molar-refractivity contribution in [3.63, 3.8) is 0 Å². The highest BCUT2D eigenvalue weighted by Crippen LogP contribution is 2.31. The van der Waals surface area contributed by atoms with E-state index in [9.17, 15) is 18.8 Å². The van der Waals surface area contributed by atoms with Crippen LogP contribution in [-0.4, -0.2) is 52.0 Å². The molecule has 2 aliphatic rings. The van der Waals surface area contributed by atoms with Gasteiger partial charge in [0.05, 0.1) is 6.54 Å². The van der Waals surface area contributed by atoms with Gasteiger partial charge in [-0.25, -0.2) is 4.39 Å². The molecule has 37 heavy (non-hydrogen) atoms. The number of hydrogen-bond donors (Lipinski definition) is 1. The molecular formula is C28H29FN4O4. The molecule has 0 radical (unpaired) electrons. The number of benzene rings is 2. The van der Waals surface area contributed by atoms with Crippen LogP contribution in [0.15, 0.2) is 65.6 Å².